The molecular weight excluding hydrogens is 201 g/mol. The second-order valence-corrected chi connectivity index (χ2v) is 4.70. The van der Waals surface area contributed by atoms with Crippen LogP contribution < -0.4 is 5.32 Å². The lowest BCUT2D eigenvalue weighted by atomic mass is 10.0. The highest BCUT2D eigenvalue weighted by atomic mass is 19.1. The molecule has 0 heterocycles. The van der Waals surface area contributed by atoms with Crippen LogP contribution in [0.1, 0.15) is 38.3 Å². The molecule has 1 rings (SSSR count). The summed E-state index contributed by atoms with van der Waals surface area (Å²) in [6.45, 7) is 8.21. The minimum atomic E-state index is -0.0760. The van der Waals surface area contributed by atoms with Gasteiger partial charge in [-0.2, -0.15) is 0 Å². The van der Waals surface area contributed by atoms with E-state index in [4.69, 9.17) is 0 Å². The van der Waals surface area contributed by atoms with Crippen LogP contribution in [-0.4, -0.2) is 6.54 Å². The van der Waals surface area contributed by atoms with Gasteiger partial charge in [0.1, 0.15) is 5.82 Å². The van der Waals surface area contributed by atoms with Crippen LogP contribution in [0.3, 0.4) is 0 Å². The van der Waals surface area contributed by atoms with Crippen molar-refractivity contribution in [3.05, 3.63) is 35.1 Å². The van der Waals surface area contributed by atoms with Gasteiger partial charge in [-0.3, -0.25) is 0 Å². The summed E-state index contributed by atoms with van der Waals surface area (Å²) in [7, 11) is 0. The first-order valence-corrected chi connectivity index (χ1v) is 6.11. The monoisotopic (exact) mass is 223 g/mol. The molecule has 0 aliphatic rings. The Balaban J connectivity index is 2.65. The lowest BCUT2D eigenvalue weighted by Crippen LogP contribution is -2.14. The largest absolute Gasteiger partial charge is 0.313 e. The van der Waals surface area contributed by atoms with Crippen molar-refractivity contribution in [3.63, 3.8) is 0 Å². The molecule has 0 saturated heterocycles. The van der Waals surface area contributed by atoms with Gasteiger partial charge < -0.3 is 5.32 Å². The summed E-state index contributed by atoms with van der Waals surface area (Å²) in [6.07, 6.45) is 1.94. The van der Waals surface area contributed by atoms with E-state index in [1.807, 2.05) is 12.1 Å². The predicted molar refractivity (Wildman–Crippen MR) is 66.9 cm³/mol. The van der Waals surface area contributed by atoms with Gasteiger partial charge in [-0.1, -0.05) is 32.9 Å². The van der Waals surface area contributed by atoms with E-state index in [2.05, 4.69) is 26.1 Å². The first-order chi connectivity index (χ1) is 7.63. The Hall–Kier alpha value is -0.890. The van der Waals surface area contributed by atoms with Crippen LogP contribution >= 0.6 is 0 Å². The third-order valence-electron chi connectivity index (χ3n) is 2.49. The predicted octanol–water partition coefficient (Wildman–Crippen LogP) is 3.52. The van der Waals surface area contributed by atoms with E-state index in [9.17, 15) is 4.39 Å². The van der Waals surface area contributed by atoms with Crippen molar-refractivity contribution in [2.24, 2.45) is 5.92 Å². The standard InChI is InChI=1S/C14H22FN/c1-4-7-16-10-12-5-6-14(15)13(9-12)8-11(2)3/h5-6,9,11,16H,4,7-8,10H2,1-3H3. The number of hydrogen-bond donors (Lipinski definition) is 1. The van der Waals surface area contributed by atoms with Gasteiger partial charge in [-0.05, 0) is 42.5 Å². The summed E-state index contributed by atoms with van der Waals surface area (Å²) in [4.78, 5) is 0. The third-order valence-corrected chi connectivity index (χ3v) is 2.49. The van der Waals surface area contributed by atoms with E-state index < -0.39 is 0 Å². The second kappa shape index (κ2) is 6.64. The molecular formula is C14H22FN. The fourth-order valence-electron chi connectivity index (χ4n) is 1.74. The molecule has 1 N–H and O–H groups in total. The van der Waals surface area contributed by atoms with Gasteiger partial charge in [0.2, 0.25) is 0 Å². The molecule has 90 valence electrons. The van der Waals surface area contributed by atoms with Crippen molar-refractivity contribution in [2.45, 2.75) is 40.2 Å². The molecule has 0 amide bonds. The van der Waals surface area contributed by atoms with Crippen molar-refractivity contribution < 1.29 is 4.39 Å². The van der Waals surface area contributed by atoms with E-state index in [0.29, 0.717) is 5.92 Å². The lowest BCUT2D eigenvalue weighted by Gasteiger charge is -2.09. The van der Waals surface area contributed by atoms with Gasteiger partial charge in [0.15, 0.2) is 0 Å². The molecule has 1 nitrogen and oxygen atoms in total. The zero-order chi connectivity index (χ0) is 12.0. The second-order valence-electron chi connectivity index (χ2n) is 4.70. The maximum atomic E-state index is 13.5. The van der Waals surface area contributed by atoms with Gasteiger partial charge in [-0.15, -0.1) is 0 Å². The van der Waals surface area contributed by atoms with Crippen LogP contribution in [-0.2, 0) is 13.0 Å². The summed E-state index contributed by atoms with van der Waals surface area (Å²) < 4.78 is 13.5. The topological polar surface area (TPSA) is 12.0 Å². The van der Waals surface area contributed by atoms with Crippen LogP contribution in [0.4, 0.5) is 4.39 Å². The Morgan fingerprint density at radius 2 is 2.06 bits per heavy atom. The summed E-state index contributed by atoms with van der Waals surface area (Å²) in [6, 6.07) is 5.43. The van der Waals surface area contributed by atoms with Crippen LogP contribution in [0.15, 0.2) is 18.2 Å². The summed E-state index contributed by atoms with van der Waals surface area (Å²) in [5.74, 6) is 0.418. The number of halogens is 1. The van der Waals surface area contributed by atoms with Crippen molar-refractivity contribution in [1.29, 1.82) is 0 Å². The molecule has 0 radical (unpaired) electrons. The minimum absolute atomic E-state index is 0.0760. The molecule has 1 aromatic rings. The molecule has 0 spiro atoms. The van der Waals surface area contributed by atoms with E-state index in [1.54, 1.807) is 6.07 Å². The van der Waals surface area contributed by atoms with Gasteiger partial charge in [0, 0.05) is 6.54 Å². The summed E-state index contributed by atoms with van der Waals surface area (Å²) >= 11 is 0. The summed E-state index contributed by atoms with van der Waals surface area (Å²) in [5.41, 5.74) is 2.01. The fourth-order valence-corrected chi connectivity index (χ4v) is 1.74. The maximum Gasteiger partial charge on any atom is 0.126 e. The Kier molecular flexibility index (Phi) is 5.47. The zero-order valence-corrected chi connectivity index (χ0v) is 10.5. The van der Waals surface area contributed by atoms with Crippen LogP contribution in [0, 0.1) is 11.7 Å². The molecule has 0 aromatic heterocycles. The van der Waals surface area contributed by atoms with Gasteiger partial charge in [0.05, 0.1) is 0 Å². The molecule has 1 aromatic carbocycles. The van der Waals surface area contributed by atoms with E-state index in [0.717, 1.165) is 31.5 Å². The van der Waals surface area contributed by atoms with Gasteiger partial charge in [0.25, 0.3) is 0 Å². The van der Waals surface area contributed by atoms with Crippen molar-refractivity contribution in [1.82, 2.24) is 5.32 Å². The quantitative estimate of drug-likeness (QED) is 0.728. The molecule has 0 saturated carbocycles. The van der Waals surface area contributed by atoms with Gasteiger partial charge in [-0.25, -0.2) is 4.39 Å². The maximum absolute atomic E-state index is 13.5. The number of nitrogens with one attached hydrogen (secondary N) is 1. The Morgan fingerprint density at radius 3 is 2.69 bits per heavy atom. The lowest BCUT2D eigenvalue weighted by molar-refractivity contribution is 0.571. The Bertz CT molecular complexity index is 321. The Morgan fingerprint density at radius 1 is 1.31 bits per heavy atom. The molecule has 0 aliphatic carbocycles. The van der Waals surface area contributed by atoms with Crippen molar-refractivity contribution >= 4 is 0 Å². The third kappa shape index (κ3) is 4.31. The highest BCUT2D eigenvalue weighted by Crippen LogP contribution is 2.15. The average Bonchev–Trinajstić information content (AvgIpc) is 2.22. The number of rotatable bonds is 6. The smallest absolute Gasteiger partial charge is 0.126 e. The first-order valence-electron chi connectivity index (χ1n) is 6.11. The molecule has 2 heteroatoms. The molecule has 0 aliphatic heterocycles. The van der Waals surface area contributed by atoms with Crippen LogP contribution in [0.2, 0.25) is 0 Å². The molecule has 0 atom stereocenters. The average molecular weight is 223 g/mol. The zero-order valence-electron chi connectivity index (χ0n) is 10.5. The van der Waals surface area contributed by atoms with Crippen LogP contribution in [0.25, 0.3) is 0 Å². The van der Waals surface area contributed by atoms with Crippen molar-refractivity contribution in [2.75, 3.05) is 6.54 Å². The highest BCUT2D eigenvalue weighted by Gasteiger charge is 2.05. The normalized spacial score (nSPS) is 11.1. The van der Waals surface area contributed by atoms with E-state index in [1.165, 1.54) is 5.56 Å². The first kappa shape index (κ1) is 13.2. The SMILES string of the molecule is CCCNCc1ccc(F)c(CC(C)C)c1. The molecule has 0 bridgehead atoms. The van der Waals surface area contributed by atoms with E-state index in [-0.39, 0.29) is 5.82 Å². The molecule has 16 heavy (non-hydrogen) atoms. The Labute approximate surface area is 98.1 Å². The van der Waals surface area contributed by atoms with Gasteiger partial charge >= 0.3 is 0 Å². The molecule has 0 fully saturated rings. The number of hydrogen-bond acceptors (Lipinski definition) is 1. The molecule has 0 unspecified atom stereocenters. The summed E-state index contributed by atoms with van der Waals surface area (Å²) in [5, 5.41) is 3.33. The van der Waals surface area contributed by atoms with E-state index >= 15 is 0 Å². The fraction of sp³-hybridized carbons (Fsp3) is 0.571. The van der Waals surface area contributed by atoms with Crippen molar-refractivity contribution in [3.8, 4) is 0 Å². The number of benzene rings is 1. The van der Waals surface area contributed by atoms with Crippen LogP contribution in [0.5, 0.6) is 0 Å². The highest BCUT2D eigenvalue weighted by molar-refractivity contribution is 5.25. The minimum Gasteiger partial charge on any atom is -0.313 e.